The first-order valence-electron chi connectivity index (χ1n) is 10.6. The number of primary amides is 1. The van der Waals surface area contributed by atoms with Crippen LogP contribution in [-0.4, -0.2) is 24.7 Å². The normalized spacial score (nSPS) is 19.1. The fourth-order valence-electron chi connectivity index (χ4n) is 5.04. The molecule has 0 radical (unpaired) electrons. The van der Waals surface area contributed by atoms with Crippen LogP contribution in [0.15, 0.2) is 41.4 Å². The van der Waals surface area contributed by atoms with Gasteiger partial charge in [-0.2, -0.15) is 0 Å². The third kappa shape index (κ3) is 2.98. The lowest BCUT2D eigenvalue weighted by Gasteiger charge is -2.37. The molecule has 2 N–H and O–H groups in total. The average molecular weight is 386 g/mol. The van der Waals surface area contributed by atoms with Crippen LogP contribution in [0.3, 0.4) is 0 Å². The predicted octanol–water partition coefficient (Wildman–Crippen LogP) is 4.56. The molecule has 3 heterocycles. The summed E-state index contributed by atoms with van der Waals surface area (Å²) < 4.78 is 0. The van der Waals surface area contributed by atoms with Gasteiger partial charge in [-0.15, -0.1) is 0 Å². The molecular formula is C25H27N3O. The molecule has 148 valence electrons. The molecule has 0 aliphatic carbocycles. The molecule has 2 aromatic rings. The van der Waals surface area contributed by atoms with Gasteiger partial charge in [0.1, 0.15) is 0 Å². The van der Waals surface area contributed by atoms with E-state index in [-0.39, 0.29) is 5.41 Å². The number of carbonyl (C=O) groups is 1. The van der Waals surface area contributed by atoms with Crippen molar-refractivity contribution in [1.82, 2.24) is 0 Å². The van der Waals surface area contributed by atoms with E-state index in [1.165, 1.54) is 61.2 Å². The minimum atomic E-state index is -0.398. The molecule has 0 fully saturated rings. The van der Waals surface area contributed by atoms with Gasteiger partial charge in [-0.1, -0.05) is 19.9 Å². The number of aliphatic imine (C=N–C) groups is 1. The van der Waals surface area contributed by atoms with Crippen LogP contribution in [0.5, 0.6) is 0 Å². The minimum absolute atomic E-state index is 0.253. The number of aryl methyl sites for hydroxylation is 2. The molecule has 3 aliphatic heterocycles. The van der Waals surface area contributed by atoms with E-state index in [4.69, 9.17) is 10.7 Å². The van der Waals surface area contributed by atoms with Crippen LogP contribution in [0, 0.1) is 0 Å². The van der Waals surface area contributed by atoms with Crippen molar-refractivity contribution in [3.05, 3.63) is 64.2 Å². The van der Waals surface area contributed by atoms with Crippen molar-refractivity contribution < 1.29 is 4.79 Å². The molecule has 5 rings (SSSR count). The van der Waals surface area contributed by atoms with Crippen LogP contribution in [0.1, 0.15) is 59.3 Å². The van der Waals surface area contributed by atoms with E-state index < -0.39 is 5.91 Å². The predicted molar refractivity (Wildman–Crippen MR) is 119 cm³/mol. The highest BCUT2D eigenvalue weighted by Gasteiger charge is 2.34. The molecule has 2 aromatic carbocycles. The van der Waals surface area contributed by atoms with Gasteiger partial charge in [-0.05, 0) is 84.3 Å². The number of carbonyl (C=O) groups excluding carboxylic acids is 1. The van der Waals surface area contributed by atoms with E-state index in [1.807, 2.05) is 12.1 Å². The Morgan fingerprint density at radius 1 is 1.07 bits per heavy atom. The fourth-order valence-corrected chi connectivity index (χ4v) is 5.04. The lowest BCUT2D eigenvalue weighted by molar-refractivity contribution is 0.1000. The summed E-state index contributed by atoms with van der Waals surface area (Å²) in [7, 11) is 0. The van der Waals surface area contributed by atoms with Crippen LogP contribution in [0.2, 0.25) is 0 Å². The van der Waals surface area contributed by atoms with Crippen LogP contribution in [0.25, 0.3) is 6.08 Å². The number of fused-ring (bicyclic) bond motifs is 1. The molecule has 1 amide bonds. The van der Waals surface area contributed by atoms with E-state index in [0.29, 0.717) is 5.56 Å². The number of amides is 1. The zero-order valence-electron chi connectivity index (χ0n) is 17.2. The van der Waals surface area contributed by atoms with Gasteiger partial charge in [0.2, 0.25) is 5.91 Å². The van der Waals surface area contributed by atoms with Crippen molar-refractivity contribution in [3.8, 4) is 0 Å². The molecule has 0 aromatic heterocycles. The molecule has 0 bridgehead atoms. The number of rotatable bonds is 3. The van der Waals surface area contributed by atoms with Crippen molar-refractivity contribution in [2.45, 2.75) is 44.9 Å². The van der Waals surface area contributed by atoms with E-state index >= 15 is 0 Å². The number of hydrogen-bond donors (Lipinski definition) is 1. The quantitative estimate of drug-likeness (QED) is 0.842. The summed E-state index contributed by atoms with van der Waals surface area (Å²) >= 11 is 0. The van der Waals surface area contributed by atoms with Gasteiger partial charge in [0.15, 0.2) is 0 Å². The van der Waals surface area contributed by atoms with Crippen LogP contribution < -0.4 is 10.6 Å². The maximum absolute atomic E-state index is 11.6. The molecule has 4 nitrogen and oxygen atoms in total. The molecule has 0 unspecified atom stereocenters. The fraction of sp³-hybridized carbons (Fsp3) is 0.360. The molecule has 0 saturated heterocycles. The largest absolute Gasteiger partial charge is 0.371 e. The number of anilines is 1. The standard InChI is InChI=1S/C25H27N3O/c1-25(2)20-15-19(24(26)29)8-9-21(20)27-22(25)10-7-16-13-17-5-3-11-28-12-4-6-18(14-16)23(17)28/h7-10,13-15H,3-6,11-12H2,1-2H3,(H2,26,29)/b10-7+. The van der Waals surface area contributed by atoms with E-state index in [2.05, 4.69) is 43.0 Å². The first kappa shape index (κ1) is 18.2. The highest BCUT2D eigenvalue weighted by Crippen LogP contribution is 2.41. The highest BCUT2D eigenvalue weighted by atomic mass is 16.1. The molecule has 0 atom stereocenters. The first-order valence-corrected chi connectivity index (χ1v) is 10.6. The van der Waals surface area contributed by atoms with Gasteiger partial charge >= 0.3 is 0 Å². The highest BCUT2D eigenvalue weighted by molar-refractivity contribution is 6.11. The summed E-state index contributed by atoms with van der Waals surface area (Å²) in [6.07, 6.45) is 9.18. The van der Waals surface area contributed by atoms with Crippen molar-refractivity contribution in [2.24, 2.45) is 10.7 Å². The van der Waals surface area contributed by atoms with E-state index in [1.54, 1.807) is 6.07 Å². The Labute approximate surface area is 172 Å². The summed E-state index contributed by atoms with van der Waals surface area (Å²) in [5, 5.41) is 0. The topological polar surface area (TPSA) is 58.7 Å². The lowest BCUT2D eigenvalue weighted by Crippen LogP contribution is -2.34. The second kappa shape index (κ2) is 6.58. The molecule has 0 saturated carbocycles. The second-order valence-corrected chi connectivity index (χ2v) is 8.93. The van der Waals surface area contributed by atoms with Crippen molar-refractivity contribution in [2.75, 3.05) is 18.0 Å². The minimum Gasteiger partial charge on any atom is -0.371 e. The van der Waals surface area contributed by atoms with Gasteiger partial charge in [-0.3, -0.25) is 9.79 Å². The SMILES string of the molecule is CC1(C)C(/C=C/c2cc3c4c(c2)CCCN4CCC3)=Nc2ccc(C(N)=O)cc21. The number of nitrogens with two attached hydrogens (primary N) is 1. The van der Waals surface area contributed by atoms with E-state index in [9.17, 15) is 4.79 Å². The van der Waals surface area contributed by atoms with Gasteiger partial charge in [-0.25, -0.2) is 0 Å². The monoisotopic (exact) mass is 385 g/mol. The maximum atomic E-state index is 11.6. The summed E-state index contributed by atoms with van der Waals surface area (Å²) in [4.78, 5) is 19.0. The Kier molecular flexibility index (Phi) is 4.12. The Morgan fingerprint density at radius 2 is 1.76 bits per heavy atom. The zero-order valence-corrected chi connectivity index (χ0v) is 17.2. The van der Waals surface area contributed by atoms with E-state index in [0.717, 1.165) is 17.0 Å². The van der Waals surface area contributed by atoms with Crippen LogP contribution in [-0.2, 0) is 18.3 Å². The summed E-state index contributed by atoms with van der Waals surface area (Å²) in [5.74, 6) is -0.398. The van der Waals surface area contributed by atoms with Crippen LogP contribution in [0.4, 0.5) is 11.4 Å². The number of nitrogens with zero attached hydrogens (tertiary/aromatic N) is 2. The Bertz CT molecular complexity index is 1050. The Balaban J connectivity index is 1.47. The zero-order chi connectivity index (χ0) is 20.2. The van der Waals surface area contributed by atoms with Gasteiger partial charge in [0.25, 0.3) is 0 Å². The van der Waals surface area contributed by atoms with Crippen molar-refractivity contribution >= 4 is 29.1 Å². The maximum Gasteiger partial charge on any atom is 0.248 e. The van der Waals surface area contributed by atoms with Crippen LogP contribution >= 0.6 is 0 Å². The van der Waals surface area contributed by atoms with Gasteiger partial charge in [0, 0.05) is 29.8 Å². The Hall–Kier alpha value is -2.88. The molecule has 29 heavy (non-hydrogen) atoms. The third-order valence-electron chi connectivity index (χ3n) is 6.62. The van der Waals surface area contributed by atoms with Gasteiger partial charge < -0.3 is 10.6 Å². The Morgan fingerprint density at radius 3 is 2.41 bits per heavy atom. The molecular weight excluding hydrogens is 358 g/mol. The number of benzene rings is 2. The second-order valence-electron chi connectivity index (χ2n) is 8.93. The molecule has 0 spiro atoms. The third-order valence-corrected chi connectivity index (χ3v) is 6.62. The molecule has 3 aliphatic rings. The van der Waals surface area contributed by atoms with Gasteiger partial charge in [0.05, 0.1) is 11.4 Å². The number of allylic oxidation sites excluding steroid dienone is 1. The summed E-state index contributed by atoms with van der Waals surface area (Å²) in [6, 6.07) is 10.3. The summed E-state index contributed by atoms with van der Waals surface area (Å²) in [6.45, 7) is 6.71. The van der Waals surface area contributed by atoms with Crippen molar-refractivity contribution in [3.63, 3.8) is 0 Å². The van der Waals surface area contributed by atoms with Crippen molar-refractivity contribution in [1.29, 1.82) is 0 Å². The number of hydrogen-bond acceptors (Lipinski definition) is 3. The molecule has 4 heteroatoms. The summed E-state index contributed by atoms with van der Waals surface area (Å²) in [5.41, 5.74) is 14.5. The average Bonchev–Trinajstić information content (AvgIpc) is 2.96. The first-order chi connectivity index (χ1) is 13.9. The smallest absolute Gasteiger partial charge is 0.248 e. The lowest BCUT2D eigenvalue weighted by atomic mass is 9.80.